The van der Waals surface area contributed by atoms with Crippen molar-refractivity contribution in [3.05, 3.63) is 34.6 Å². The summed E-state index contributed by atoms with van der Waals surface area (Å²) in [5.41, 5.74) is 5.48. The molecule has 1 aromatic rings. The van der Waals surface area contributed by atoms with Crippen molar-refractivity contribution in [1.29, 1.82) is 0 Å². The summed E-state index contributed by atoms with van der Waals surface area (Å²) >= 11 is 5.59. The van der Waals surface area contributed by atoms with Crippen LogP contribution in [0, 0.1) is 5.82 Å². The largest absolute Gasteiger partial charge is 0.372 e. The normalized spacial score (nSPS) is 10.4. The summed E-state index contributed by atoms with van der Waals surface area (Å²) in [5, 5.41) is 0.0215. The van der Waals surface area contributed by atoms with Crippen molar-refractivity contribution < 1.29 is 13.9 Å². The molecule has 1 rings (SSSR count). The predicted molar refractivity (Wildman–Crippen MR) is 60.0 cm³/mol. The number of benzene rings is 1. The van der Waals surface area contributed by atoms with Crippen LogP contribution in [0.3, 0.4) is 0 Å². The van der Waals surface area contributed by atoms with Crippen LogP contribution in [0.4, 0.5) is 4.39 Å². The second kappa shape index (κ2) is 6.58. The van der Waals surface area contributed by atoms with Crippen LogP contribution in [0.25, 0.3) is 0 Å². The number of ketones is 1. The Morgan fingerprint density at radius 3 is 2.94 bits per heavy atom. The van der Waals surface area contributed by atoms with Crippen molar-refractivity contribution in [2.24, 2.45) is 5.73 Å². The highest BCUT2D eigenvalue weighted by atomic mass is 35.5. The Morgan fingerprint density at radius 1 is 1.50 bits per heavy atom. The average molecular weight is 246 g/mol. The van der Waals surface area contributed by atoms with Gasteiger partial charge in [0.1, 0.15) is 12.4 Å². The topological polar surface area (TPSA) is 52.3 Å². The van der Waals surface area contributed by atoms with Gasteiger partial charge in [0.2, 0.25) is 0 Å². The van der Waals surface area contributed by atoms with E-state index in [0.717, 1.165) is 0 Å². The number of nitrogens with two attached hydrogens (primary N) is 1. The molecule has 0 aromatic heterocycles. The number of halogens is 2. The number of carbonyl (C=O) groups is 1. The zero-order chi connectivity index (χ0) is 12.0. The van der Waals surface area contributed by atoms with Crippen LogP contribution in [0.5, 0.6) is 0 Å². The molecule has 0 aliphatic rings. The fourth-order valence-electron chi connectivity index (χ4n) is 1.22. The first kappa shape index (κ1) is 13.1. The molecule has 0 heterocycles. The van der Waals surface area contributed by atoms with E-state index in [0.29, 0.717) is 13.2 Å². The second-order valence-electron chi connectivity index (χ2n) is 3.27. The Balaban J connectivity index is 2.53. The van der Waals surface area contributed by atoms with E-state index in [9.17, 15) is 9.18 Å². The average Bonchev–Trinajstić information content (AvgIpc) is 2.25. The van der Waals surface area contributed by atoms with Gasteiger partial charge in [0.15, 0.2) is 5.78 Å². The van der Waals surface area contributed by atoms with E-state index >= 15 is 0 Å². The summed E-state index contributed by atoms with van der Waals surface area (Å²) in [6, 6.07) is 4.58. The fourth-order valence-corrected chi connectivity index (χ4v) is 1.41. The van der Waals surface area contributed by atoms with Crippen LogP contribution in [-0.2, 0) is 16.0 Å². The molecule has 0 aliphatic carbocycles. The Labute approximate surface area is 98.3 Å². The third-order valence-corrected chi connectivity index (χ3v) is 2.24. The molecule has 2 N–H and O–H groups in total. The Hall–Kier alpha value is -0.970. The van der Waals surface area contributed by atoms with E-state index in [2.05, 4.69) is 0 Å². The molecule has 0 amide bonds. The van der Waals surface area contributed by atoms with Gasteiger partial charge in [0, 0.05) is 13.0 Å². The quantitative estimate of drug-likeness (QED) is 0.774. The first-order valence-electron chi connectivity index (χ1n) is 4.87. The Kier molecular flexibility index (Phi) is 5.38. The van der Waals surface area contributed by atoms with Gasteiger partial charge in [-0.15, -0.1) is 0 Å². The summed E-state index contributed by atoms with van der Waals surface area (Å²) in [4.78, 5) is 11.4. The molecular weight excluding hydrogens is 233 g/mol. The minimum atomic E-state index is -0.545. The maximum Gasteiger partial charge on any atom is 0.162 e. The third kappa shape index (κ3) is 3.89. The van der Waals surface area contributed by atoms with Gasteiger partial charge < -0.3 is 10.5 Å². The lowest BCUT2D eigenvalue weighted by atomic mass is 10.1. The number of Topliss-reactive ketones (excluding diaryl/α,β-unsaturated/α-hetero) is 1. The van der Waals surface area contributed by atoms with Crippen molar-refractivity contribution in [1.82, 2.24) is 0 Å². The Bertz CT molecular complexity index is 371. The van der Waals surface area contributed by atoms with Gasteiger partial charge in [-0.25, -0.2) is 4.39 Å². The molecule has 0 aliphatic heterocycles. The van der Waals surface area contributed by atoms with Crippen LogP contribution >= 0.6 is 11.6 Å². The zero-order valence-electron chi connectivity index (χ0n) is 8.71. The van der Waals surface area contributed by atoms with E-state index < -0.39 is 5.82 Å². The molecule has 88 valence electrons. The van der Waals surface area contributed by atoms with E-state index in [4.69, 9.17) is 22.1 Å². The fraction of sp³-hybridized carbons (Fsp3) is 0.364. The van der Waals surface area contributed by atoms with Crippen molar-refractivity contribution in [3.63, 3.8) is 0 Å². The lowest BCUT2D eigenvalue weighted by Gasteiger charge is -2.04. The minimum Gasteiger partial charge on any atom is -0.372 e. The number of rotatable bonds is 6. The van der Waals surface area contributed by atoms with E-state index in [-0.39, 0.29) is 29.4 Å². The van der Waals surface area contributed by atoms with Crippen LogP contribution in [0.15, 0.2) is 18.2 Å². The maximum atomic E-state index is 13.4. The van der Waals surface area contributed by atoms with Crippen molar-refractivity contribution in [2.75, 3.05) is 19.8 Å². The smallest absolute Gasteiger partial charge is 0.162 e. The van der Waals surface area contributed by atoms with Crippen molar-refractivity contribution in [3.8, 4) is 0 Å². The minimum absolute atomic E-state index is 0.0169. The monoisotopic (exact) mass is 245 g/mol. The molecule has 0 fully saturated rings. The lowest BCUT2D eigenvalue weighted by Crippen LogP contribution is -2.16. The third-order valence-electron chi connectivity index (χ3n) is 1.94. The molecule has 0 unspecified atom stereocenters. The van der Waals surface area contributed by atoms with E-state index in [1.165, 1.54) is 12.1 Å². The van der Waals surface area contributed by atoms with Crippen molar-refractivity contribution in [2.45, 2.75) is 6.42 Å². The number of hydrogen-bond donors (Lipinski definition) is 1. The van der Waals surface area contributed by atoms with Crippen LogP contribution < -0.4 is 5.73 Å². The molecule has 0 saturated heterocycles. The molecular formula is C11H13ClFNO2. The summed E-state index contributed by atoms with van der Waals surface area (Å²) in [6.07, 6.45) is -0.0169. The van der Waals surface area contributed by atoms with Crippen LogP contribution in [-0.4, -0.2) is 25.5 Å². The molecule has 0 radical (unpaired) electrons. The summed E-state index contributed by atoms with van der Waals surface area (Å²) in [6.45, 7) is 0.631. The highest BCUT2D eigenvalue weighted by Gasteiger charge is 2.10. The van der Waals surface area contributed by atoms with Crippen LogP contribution in [0.1, 0.15) is 5.56 Å². The molecule has 0 spiro atoms. The number of carbonyl (C=O) groups excluding carboxylic acids is 1. The predicted octanol–water partition coefficient (Wildman–Crippen LogP) is 1.57. The van der Waals surface area contributed by atoms with Gasteiger partial charge in [-0.2, -0.15) is 0 Å². The van der Waals surface area contributed by atoms with Crippen molar-refractivity contribution >= 4 is 17.4 Å². The maximum absolute atomic E-state index is 13.4. The second-order valence-corrected chi connectivity index (χ2v) is 3.68. The highest BCUT2D eigenvalue weighted by Crippen LogP contribution is 2.18. The molecule has 3 nitrogen and oxygen atoms in total. The van der Waals surface area contributed by atoms with E-state index in [1.54, 1.807) is 6.07 Å². The van der Waals surface area contributed by atoms with Gasteiger partial charge in [-0.05, 0) is 11.6 Å². The van der Waals surface area contributed by atoms with Gasteiger partial charge in [0.05, 0.1) is 11.6 Å². The standard InChI is InChI=1S/C11H13ClFNO2/c12-10-3-1-2-8(11(10)13)6-9(15)7-16-5-4-14/h1-3H,4-7,14H2. The molecule has 1 aromatic carbocycles. The summed E-state index contributed by atoms with van der Waals surface area (Å²) in [5.74, 6) is -0.744. The molecule has 5 heteroatoms. The summed E-state index contributed by atoms with van der Waals surface area (Å²) in [7, 11) is 0. The number of hydrogen-bond acceptors (Lipinski definition) is 3. The lowest BCUT2D eigenvalue weighted by molar-refractivity contribution is -0.122. The molecule has 0 bridgehead atoms. The highest BCUT2D eigenvalue weighted by molar-refractivity contribution is 6.30. The molecule has 16 heavy (non-hydrogen) atoms. The number of ether oxygens (including phenoxy) is 1. The van der Waals surface area contributed by atoms with E-state index in [1.807, 2.05) is 0 Å². The molecule has 0 saturated carbocycles. The summed E-state index contributed by atoms with van der Waals surface area (Å²) < 4.78 is 18.4. The van der Waals surface area contributed by atoms with Gasteiger partial charge in [-0.1, -0.05) is 23.7 Å². The molecule has 0 atom stereocenters. The van der Waals surface area contributed by atoms with Gasteiger partial charge in [0.25, 0.3) is 0 Å². The van der Waals surface area contributed by atoms with Crippen LogP contribution in [0.2, 0.25) is 5.02 Å². The SMILES string of the molecule is NCCOCC(=O)Cc1cccc(Cl)c1F. The van der Waals surface area contributed by atoms with Gasteiger partial charge in [-0.3, -0.25) is 4.79 Å². The first-order chi connectivity index (χ1) is 7.65. The first-order valence-corrected chi connectivity index (χ1v) is 5.25. The zero-order valence-corrected chi connectivity index (χ0v) is 9.47. The Morgan fingerprint density at radius 2 is 2.25 bits per heavy atom. The van der Waals surface area contributed by atoms with Gasteiger partial charge >= 0.3 is 0 Å².